The lowest BCUT2D eigenvalue weighted by molar-refractivity contribution is 0.0702. The zero-order valence-corrected chi connectivity index (χ0v) is 21.3. The van der Waals surface area contributed by atoms with Crippen molar-refractivity contribution in [2.45, 2.75) is 26.9 Å². The van der Waals surface area contributed by atoms with Gasteiger partial charge in [0.15, 0.2) is 4.96 Å². The van der Waals surface area contributed by atoms with Crippen LogP contribution in [0.2, 0.25) is 0 Å². The molecule has 2 heterocycles. The molecule has 1 unspecified atom stereocenters. The van der Waals surface area contributed by atoms with Gasteiger partial charge in [-0.05, 0) is 33.5 Å². The fourth-order valence-corrected chi connectivity index (χ4v) is 7.83. The van der Waals surface area contributed by atoms with E-state index in [1.807, 2.05) is 22.6 Å². The van der Waals surface area contributed by atoms with Gasteiger partial charge in [-0.25, -0.2) is 9.78 Å². The number of hydrogen-bond acceptors (Lipinski definition) is 4. The van der Waals surface area contributed by atoms with Crippen molar-refractivity contribution in [3.63, 3.8) is 0 Å². The topological polar surface area (TPSA) is 63.8 Å². The predicted octanol–water partition coefficient (Wildman–Crippen LogP) is 4.89. The molecular weight excluding hydrogens is 460 g/mol. The summed E-state index contributed by atoms with van der Waals surface area (Å²) in [6.07, 6.45) is 1.51. The number of carbonyl (C=O) groups is 1. The van der Waals surface area contributed by atoms with E-state index in [2.05, 4.69) is 81.4 Å². The van der Waals surface area contributed by atoms with Crippen molar-refractivity contribution < 1.29 is 14.3 Å². The van der Waals surface area contributed by atoms with E-state index in [4.69, 9.17) is 9.41 Å². The van der Waals surface area contributed by atoms with Gasteiger partial charge < -0.3 is 9.53 Å². The summed E-state index contributed by atoms with van der Waals surface area (Å²) in [5.74, 6) is -0.931. The van der Waals surface area contributed by atoms with Crippen LogP contribution in [-0.2, 0) is 4.43 Å². The van der Waals surface area contributed by atoms with Gasteiger partial charge in [-0.2, -0.15) is 0 Å². The van der Waals surface area contributed by atoms with Crippen LogP contribution in [0.4, 0.5) is 0 Å². The zero-order chi connectivity index (χ0) is 23.9. The first-order chi connectivity index (χ1) is 16.3. The molecule has 0 radical (unpaired) electrons. The number of rotatable bonds is 6. The highest BCUT2D eigenvalue weighted by Crippen LogP contribution is 2.38. The van der Waals surface area contributed by atoms with E-state index in [0.29, 0.717) is 4.96 Å². The molecule has 7 heteroatoms. The van der Waals surface area contributed by atoms with Crippen LogP contribution in [0.15, 0.2) is 85.1 Å². The Morgan fingerprint density at radius 3 is 2.18 bits per heavy atom. The highest BCUT2D eigenvalue weighted by molar-refractivity contribution is 7.18. The van der Waals surface area contributed by atoms with Crippen LogP contribution in [0, 0.1) is 5.41 Å². The summed E-state index contributed by atoms with van der Waals surface area (Å²) in [6, 6.07) is 27.2. The molecular formula is C27H26N2O3SSi. The first kappa shape index (κ1) is 22.5. The summed E-state index contributed by atoms with van der Waals surface area (Å²) in [7, 11) is -1.96. The first-order valence-electron chi connectivity index (χ1n) is 11.2. The summed E-state index contributed by atoms with van der Waals surface area (Å²) < 4.78 is 8.91. The standard InChI is InChI=1S/C27H26N2O3SSi/c1-27(2,3)24(32-34(19-10-6-4-7-11-19)20-12-8-5-9-13-20)18-14-15-22-21(16-18)28-26-29(22)17-23(33-26)25(30)31/h4-17,24,34H,1-3H3,(H,30,31). The van der Waals surface area contributed by atoms with E-state index in [1.165, 1.54) is 21.7 Å². The van der Waals surface area contributed by atoms with Gasteiger partial charge in [-0.3, -0.25) is 4.40 Å². The number of hydrogen-bond donors (Lipinski definition) is 1. The Morgan fingerprint density at radius 2 is 1.62 bits per heavy atom. The molecule has 3 aromatic carbocycles. The number of carboxylic acids is 1. The van der Waals surface area contributed by atoms with E-state index < -0.39 is 15.0 Å². The summed E-state index contributed by atoms with van der Waals surface area (Å²) in [6.45, 7) is 6.61. The van der Waals surface area contributed by atoms with E-state index >= 15 is 0 Å². The number of nitrogens with zero attached hydrogens (tertiary/aromatic N) is 2. The SMILES string of the molecule is CC(C)(C)C(O[SiH](c1ccccc1)c1ccccc1)c1ccc2c(c1)nc1sc(C(=O)O)cn12. The highest BCUT2D eigenvalue weighted by atomic mass is 32.1. The van der Waals surface area contributed by atoms with Gasteiger partial charge in [0.25, 0.3) is 0 Å². The molecule has 0 aliphatic rings. The molecule has 1 atom stereocenters. The van der Waals surface area contributed by atoms with Gasteiger partial charge in [0.1, 0.15) is 4.88 Å². The minimum atomic E-state index is -1.96. The van der Waals surface area contributed by atoms with Crippen molar-refractivity contribution in [2.24, 2.45) is 5.41 Å². The number of thiazole rings is 1. The molecule has 5 aromatic rings. The molecule has 2 aromatic heterocycles. The molecule has 0 aliphatic heterocycles. The van der Waals surface area contributed by atoms with Crippen LogP contribution in [-0.4, -0.2) is 29.5 Å². The first-order valence-corrected chi connectivity index (χ1v) is 13.7. The van der Waals surface area contributed by atoms with Gasteiger partial charge in [-0.1, -0.05) is 98.8 Å². The molecule has 0 aliphatic carbocycles. The van der Waals surface area contributed by atoms with Crippen molar-refractivity contribution in [3.8, 4) is 0 Å². The van der Waals surface area contributed by atoms with Crippen molar-refractivity contribution in [3.05, 3.63) is 95.5 Å². The van der Waals surface area contributed by atoms with E-state index in [-0.39, 0.29) is 16.4 Å². The van der Waals surface area contributed by atoms with E-state index in [1.54, 1.807) is 6.20 Å². The average molecular weight is 487 g/mol. The second kappa shape index (κ2) is 8.83. The maximum atomic E-state index is 11.4. The van der Waals surface area contributed by atoms with Crippen LogP contribution in [0.1, 0.15) is 42.1 Å². The quantitative estimate of drug-likeness (QED) is 0.347. The minimum absolute atomic E-state index is 0.136. The molecule has 5 nitrogen and oxygen atoms in total. The lowest BCUT2D eigenvalue weighted by Crippen LogP contribution is -2.47. The lowest BCUT2D eigenvalue weighted by atomic mass is 9.85. The largest absolute Gasteiger partial charge is 0.477 e. The summed E-state index contributed by atoms with van der Waals surface area (Å²) >= 11 is 1.18. The van der Waals surface area contributed by atoms with Gasteiger partial charge in [-0.15, -0.1) is 0 Å². The van der Waals surface area contributed by atoms with Crippen LogP contribution in [0.3, 0.4) is 0 Å². The Balaban J connectivity index is 1.57. The molecule has 0 saturated carbocycles. The van der Waals surface area contributed by atoms with Crippen LogP contribution in [0.5, 0.6) is 0 Å². The van der Waals surface area contributed by atoms with Gasteiger partial charge in [0.2, 0.25) is 9.04 Å². The van der Waals surface area contributed by atoms with Crippen LogP contribution < -0.4 is 10.4 Å². The number of carboxylic acid groups (broad SMARTS) is 1. The third kappa shape index (κ3) is 4.30. The Hall–Kier alpha value is -3.26. The fraction of sp³-hybridized carbons (Fsp3) is 0.185. The Kier molecular flexibility index (Phi) is 5.85. The summed E-state index contributed by atoms with van der Waals surface area (Å²) in [5, 5.41) is 11.8. The van der Waals surface area contributed by atoms with Crippen LogP contribution in [0.25, 0.3) is 16.0 Å². The van der Waals surface area contributed by atoms with E-state index in [0.717, 1.165) is 16.6 Å². The second-order valence-corrected chi connectivity index (χ2v) is 12.9. The van der Waals surface area contributed by atoms with Crippen molar-refractivity contribution in [1.29, 1.82) is 0 Å². The molecule has 1 N–H and O–H groups in total. The third-order valence-electron chi connectivity index (χ3n) is 5.91. The van der Waals surface area contributed by atoms with Crippen LogP contribution >= 0.6 is 11.3 Å². The zero-order valence-electron chi connectivity index (χ0n) is 19.3. The molecule has 0 saturated heterocycles. The Bertz CT molecular complexity index is 1420. The van der Waals surface area contributed by atoms with Gasteiger partial charge in [0, 0.05) is 6.20 Å². The molecule has 0 bridgehead atoms. The highest BCUT2D eigenvalue weighted by Gasteiger charge is 2.32. The number of fused-ring (bicyclic) bond motifs is 3. The number of aromatic nitrogens is 2. The Morgan fingerprint density at radius 1 is 1.00 bits per heavy atom. The maximum Gasteiger partial charge on any atom is 0.347 e. The number of imidazole rings is 1. The minimum Gasteiger partial charge on any atom is -0.477 e. The number of aromatic carboxylic acids is 1. The normalized spacial score (nSPS) is 13.1. The molecule has 0 spiro atoms. The Labute approximate surface area is 204 Å². The summed E-state index contributed by atoms with van der Waals surface area (Å²) in [4.78, 5) is 17.0. The second-order valence-electron chi connectivity index (χ2n) is 9.50. The predicted molar refractivity (Wildman–Crippen MR) is 140 cm³/mol. The number of benzene rings is 3. The fourth-order valence-electron chi connectivity index (χ4n) is 4.32. The van der Waals surface area contributed by atoms with Crippen molar-refractivity contribution in [2.75, 3.05) is 0 Å². The smallest absolute Gasteiger partial charge is 0.347 e. The third-order valence-corrected chi connectivity index (χ3v) is 9.40. The van der Waals surface area contributed by atoms with E-state index in [9.17, 15) is 9.90 Å². The average Bonchev–Trinajstić information content (AvgIpc) is 3.38. The molecule has 172 valence electrons. The monoisotopic (exact) mass is 486 g/mol. The van der Waals surface area contributed by atoms with Crippen molar-refractivity contribution >= 4 is 52.7 Å². The lowest BCUT2D eigenvalue weighted by Gasteiger charge is -2.35. The van der Waals surface area contributed by atoms with Crippen molar-refractivity contribution in [1.82, 2.24) is 9.38 Å². The maximum absolute atomic E-state index is 11.4. The molecule has 0 fully saturated rings. The summed E-state index contributed by atoms with van der Waals surface area (Å²) in [5.41, 5.74) is 2.68. The molecule has 5 rings (SSSR count). The molecule has 34 heavy (non-hydrogen) atoms. The van der Waals surface area contributed by atoms with Gasteiger partial charge in [0.05, 0.1) is 17.1 Å². The molecule has 0 amide bonds. The van der Waals surface area contributed by atoms with Gasteiger partial charge >= 0.3 is 5.97 Å².